The summed E-state index contributed by atoms with van der Waals surface area (Å²) in [7, 11) is 0. The van der Waals surface area contributed by atoms with Crippen LogP contribution in [0.2, 0.25) is 0 Å². The lowest BCUT2D eigenvalue weighted by molar-refractivity contribution is 0.0323. The van der Waals surface area contributed by atoms with Crippen LogP contribution in [0.1, 0.15) is 43.1 Å². The molecule has 1 fully saturated rings. The molecule has 22 heavy (non-hydrogen) atoms. The molecule has 0 saturated carbocycles. The maximum Gasteiger partial charge on any atom is 0.273 e. The zero-order valence-corrected chi connectivity index (χ0v) is 14.3. The van der Waals surface area contributed by atoms with Crippen molar-refractivity contribution in [3.63, 3.8) is 0 Å². The number of carbonyl (C=O) groups excluding carboxylic acids is 1. The number of hydrogen-bond donors (Lipinski definition) is 0. The van der Waals surface area contributed by atoms with Crippen molar-refractivity contribution < 1.29 is 9.53 Å². The molecule has 0 unspecified atom stereocenters. The number of rotatable bonds is 9. The Morgan fingerprint density at radius 2 is 2.14 bits per heavy atom. The summed E-state index contributed by atoms with van der Waals surface area (Å²) in [5.41, 5.74) is 2.31. The lowest BCUT2D eigenvalue weighted by Gasteiger charge is -2.30. The molecule has 2 rings (SSSR count). The van der Waals surface area contributed by atoms with Gasteiger partial charge in [0.2, 0.25) is 0 Å². The average Bonchev–Trinajstić information content (AvgIpc) is 3.09. The number of thiazole rings is 1. The van der Waals surface area contributed by atoms with E-state index in [1.807, 2.05) is 10.3 Å². The van der Waals surface area contributed by atoms with E-state index in [4.69, 9.17) is 4.74 Å². The summed E-state index contributed by atoms with van der Waals surface area (Å²) in [6.07, 6.45) is 4.72. The SMILES string of the molecule is CCCCCCN(CCN1CCOCC1)C(=O)c1cscn1. The molecule has 1 aliphatic heterocycles. The van der Waals surface area contributed by atoms with E-state index in [9.17, 15) is 4.79 Å². The van der Waals surface area contributed by atoms with Crippen molar-refractivity contribution in [2.45, 2.75) is 32.6 Å². The summed E-state index contributed by atoms with van der Waals surface area (Å²) in [6.45, 7) is 8.28. The van der Waals surface area contributed by atoms with Gasteiger partial charge in [0.05, 0.1) is 18.7 Å². The zero-order valence-electron chi connectivity index (χ0n) is 13.5. The monoisotopic (exact) mass is 325 g/mol. The molecule has 2 heterocycles. The normalized spacial score (nSPS) is 15.9. The lowest BCUT2D eigenvalue weighted by Crippen LogP contribution is -2.43. The number of unbranched alkanes of at least 4 members (excludes halogenated alkanes) is 3. The van der Waals surface area contributed by atoms with Crippen LogP contribution in [0.5, 0.6) is 0 Å². The Labute approximate surface area is 137 Å². The van der Waals surface area contributed by atoms with Crippen LogP contribution in [0.3, 0.4) is 0 Å². The van der Waals surface area contributed by atoms with E-state index in [2.05, 4.69) is 16.8 Å². The molecule has 5 nitrogen and oxygen atoms in total. The highest BCUT2D eigenvalue weighted by Gasteiger charge is 2.19. The van der Waals surface area contributed by atoms with Crippen molar-refractivity contribution >= 4 is 17.2 Å². The third-order valence-corrected chi connectivity index (χ3v) is 4.60. The van der Waals surface area contributed by atoms with E-state index in [-0.39, 0.29) is 5.91 Å². The van der Waals surface area contributed by atoms with Crippen LogP contribution in [0.4, 0.5) is 0 Å². The lowest BCUT2D eigenvalue weighted by atomic mass is 10.2. The van der Waals surface area contributed by atoms with Gasteiger partial charge >= 0.3 is 0 Å². The fourth-order valence-corrected chi connectivity index (χ4v) is 3.14. The molecule has 1 saturated heterocycles. The predicted octanol–water partition coefficient (Wildman–Crippen LogP) is 2.50. The molecule has 6 heteroatoms. The number of amides is 1. The molecule has 1 aliphatic rings. The first-order valence-corrected chi connectivity index (χ1v) is 9.23. The number of nitrogens with zero attached hydrogens (tertiary/aromatic N) is 3. The van der Waals surface area contributed by atoms with Gasteiger partial charge in [-0.1, -0.05) is 26.2 Å². The Kier molecular flexibility index (Phi) is 7.83. The van der Waals surface area contributed by atoms with E-state index in [1.54, 1.807) is 5.51 Å². The minimum Gasteiger partial charge on any atom is -0.379 e. The number of hydrogen-bond acceptors (Lipinski definition) is 5. The smallest absolute Gasteiger partial charge is 0.273 e. The fourth-order valence-electron chi connectivity index (χ4n) is 2.61. The summed E-state index contributed by atoms with van der Waals surface area (Å²) in [6, 6.07) is 0. The van der Waals surface area contributed by atoms with Crippen molar-refractivity contribution in [2.24, 2.45) is 0 Å². The number of carbonyl (C=O) groups is 1. The second kappa shape index (κ2) is 9.92. The fraction of sp³-hybridized carbons (Fsp3) is 0.750. The van der Waals surface area contributed by atoms with Crippen LogP contribution in [-0.2, 0) is 4.74 Å². The molecule has 0 bridgehead atoms. The minimum absolute atomic E-state index is 0.0750. The van der Waals surface area contributed by atoms with Crippen LogP contribution in [0.25, 0.3) is 0 Å². The van der Waals surface area contributed by atoms with E-state index >= 15 is 0 Å². The van der Waals surface area contributed by atoms with Crippen LogP contribution in [0.15, 0.2) is 10.9 Å². The Balaban J connectivity index is 1.84. The van der Waals surface area contributed by atoms with Gasteiger partial charge in [0.25, 0.3) is 5.91 Å². The van der Waals surface area contributed by atoms with Crippen molar-refractivity contribution in [1.82, 2.24) is 14.8 Å². The van der Waals surface area contributed by atoms with Gasteiger partial charge in [-0.15, -0.1) is 11.3 Å². The molecule has 0 atom stereocenters. The molecular weight excluding hydrogens is 298 g/mol. The number of aromatic nitrogens is 1. The van der Waals surface area contributed by atoms with Crippen LogP contribution in [0, 0.1) is 0 Å². The largest absolute Gasteiger partial charge is 0.379 e. The zero-order chi connectivity index (χ0) is 15.6. The molecule has 0 radical (unpaired) electrons. The molecule has 0 aliphatic carbocycles. The van der Waals surface area contributed by atoms with E-state index in [1.165, 1.54) is 30.6 Å². The summed E-state index contributed by atoms with van der Waals surface area (Å²) in [4.78, 5) is 21.1. The van der Waals surface area contributed by atoms with Crippen molar-refractivity contribution in [3.8, 4) is 0 Å². The van der Waals surface area contributed by atoms with Gasteiger partial charge in [-0.05, 0) is 6.42 Å². The van der Waals surface area contributed by atoms with Gasteiger partial charge in [-0.3, -0.25) is 9.69 Å². The highest BCUT2D eigenvalue weighted by atomic mass is 32.1. The molecule has 1 aromatic heterocycles. The molecule has 1 aromatic rings. The second-order valence-corrected chi connectivity index (χ2v) is 6.40. The molecule has 0 spiro atoms. The summed E-state index contributed by atoms with van der Waals surface area (Å²) in [5, 5.41) is 1.84. The first kappa shape index (κ1) is 17.4. The van der Waals surface area contributed by atoms with E-state index in [0.29, 0.717) is 5.69 Å². The van der Waals surface area contributed by atoms with Crippen LogP contribution in [-0.4, -0.2) is 66.6 Å². The van der Waals surface area contributed by atoms with Gasteiger partial charge in [0.1, 0.15) is 5.69 Å². The topological polar surface area (TPSA) is 45.7 Å². The highest BCUT2D eigenvalue weighted by Crippen LogP contribution is 2.09. The van der Waals surface area contributed by atoms with E-state index in [0.717, 1.165) is 52.4 Å². The Hall–Kier alpha value is -0.980. The first-order valence-electron chi connectivity index (χ1n) is 8.29. The van der Waals surface area contributed by atoms with Gasteiger partial charge in [0.15, 0.2) is 0 Å². The Bertz CT molecular complexity index is 419. The maximum absolute atomic E-state index is 12.6. The van der Waals surface area contributed by atoms with Gasteiger partial charge in [-0.2, -0.15) is 0 Å². The highest BCUT2D eigenvalue weighted by molar-refractivity contribution is 7.07. The van der Waals surface area contributed by atoms with E-state index < -0.39 is 0 Å². The van der Waals surface area contributed by atoms with Crippen LogP contribution >= 0.6 is 11.3 Å². The molecule has 1 amide bonds. The molecular formula is C16H27N3O2S. The predicted molar refractivity (Wildman–Crippen MR) is 89.4 cm³/mol. The second-order valence-electron chi connectivity index (χ2n) is 5.68. The summed E-state index contributed by atoms with van der Waals surface area (Å²) in [5.74, 6) is 0.0750. The van der Waals surface area contributed by atoms with Crippen molar-refractivity contribution in [3.05, 3.63) is 16.6 Å². The summed E-state index contributed by atoms with van der Waals surface area (Å²) >= 11 is 1.48. The average molecular weight is 325 g/mol. The standard InChI is InChI=1S/C16H27N3O2S/c1-2-3-4-5-6-19(16(20)15-13-22-14-17-15)8-7-18-9-11-21-12-10-18/h13-14H,2-12H2,1H3. The third-order valence-electron chi connectivity index (χ3n) is 4.01. The molecule has 0 N–H and O–H groups in total. The molecule has 124 valence electrons. The number of ether oxygens (including phenoxy) is 1. The third kappa shape index (κ3) is 5.66. The Morgan fingerprint density at radius 3 is 2.82 bits per heavy atom. The minimum atomic E-state index is 0.0750. The maximum atomic E-state index is 12.6. The Morgan fingerprint density at radius 1 is 1.32 bits per heavy atom. The first-order chi connectivity index (χ1) is 10.8. The number of morpholine rings is 1. The van der Waals surface area contributed by atoms with Crippen molar-refractivity contribution in [2.75, 3.05) is 45.9 Å². The van der Waals surface area contributed by atoms with Crippen LogP contribution < -0.4 is 0 Å². The molecule has 0 aromatic carbocycles. The van der Waals surface area contributed by atoms with Gasteiger partial charge in [-0.25, -0.2) is 4.98 Å². The van der Waals surface area contributed by atoms with Crippen molar-refractivity contribution in [1.29, 1.82) is 0 Å². The summed E-state index contributed by atoms with van der Waals surface area (Å²) < 4.78 is 5.37. The van der Waals surface area contributed by atoms with Gasteiger partial charge < -0.3 is 9.64 Å². The quantitative estimate of drug-likeness (QED) is 0.655. The van der Waals surface area contributed by atoms with Gasteiger partial charge in [0, 0.05) is 38.1 Å².